The van der Waals surface area contributed by atoms with E-state index in [9.17, 15) is 9.59 Å². The van der Waals surface area contributed by atoms with Gasteiger partial charge >= 0.3 is 5.97 Å². The fraction of sp³-hybridized carbons (Fsp3) is 0.429. The Morgan fingerprint density at radius 1 is 1.30 bits per heavy atom. The number of nitrogens with zero attached hydrogens (tertiary/aromatic N) is 2. The minimum Gasteiger partial charge on any atom is -0.481 e. The molecule has 0 unspecified atom stereocenters. The van der Waals surface area contributed by atoms with Crippen LogP contribution in [0.15, 0.2) is 24.3 Å². The van der Waals surface area contributed by atoms with E-state index in [1.165, 1.54) is 0 Å². The average molecular weight is 299 g/mol. The lowest BCUT2D eigenvalue weighted by atomic mass is 10.2. The van der Waals surface area contributed by atoms with E-state index < -0.39 is 5.97 Å². The third kappa shape index (κ3) is 6.04. The summed E-state index contributed by atoms with van der Waals surface area (Å²) in [5, 5.41) is 9.23. The number of likely N-dealkylation sites (N-methyl/N-ethyl adjacent to an activating group) is 2. The standard InChI is InChI=1S/C14H19ClN2O3/c1-16(7-6-14(19)20)10-13(18)17(2)9-11-4-3-5-12(15)8-11/h3-5,8H,6-7,9-10H2,1-2H3,(H,19,20). The maximum atomic E-state index is 12.0. The molecule has 110 valence electrons. The van der Waals surface area contributed by atoms with Crippen LogP contribution in [0, 0.1) is 0 Å². The van der Waals surface area contributed by atoms with Gasteiger partial charge in [0, 0.05) is 25.2 Å². The van der Waals surface area contributed by atoms with E-state index in [0.717, 1.165) is 5.56 Å². The summed E-state index contributed by atoms with van der Waals surface area (Å²) in [6.07, 6.45) is 0.0296. The molecule has 0 aliphatic carbocycles. The number of amides is 1. The Kier molecular flexibility index (Phi) is 6.48. The SMILES string of the molecule is CN(CCC(=O)O)CC(=O)N(C)Cc1cccc(Cl)c1. The van der Waals surface area contributed by atoms with E-state index >= 15 is 0 Å². The Balaban J connectivity index is 2.44. The summed E-state index contributed by atoms with van der Waals surface area (Å²) >= 11 is 5.90. The van der Waals surface area contributed by atoms with Gasteiger partial charge in [-0.25, -0.2) is 0 Å². The van der Waals surface area contributed by atoms with Gasteiger partial charge in [0.1, 0.15) is 0 Å². The predicted molar refractivity (Wildman–Crippen MR) is 77.7 cm³/mol. The van der Waals surface area contributed by atoms with E-state index in [1.807, 2.05) is 18.2 Å². The van der Waals surface area contributed by atoms with Crippen LogP contribution < -0.4 is 0 Å². The highest BCUT2D eigenvalue weighted by Gasteiger charge is 2.13. The van der Waals surface area contributed by atoms with Crippen LogP contribution in [0.5, 0.6) is 0 Å². The van der Waals surface area contributed by atoms with E-state index in [2.05, 4.69) is 0 Å². The summed E-state index contributed by atoms with van der Waals surface area (Å²) in [6.45, 7) is 1.03. The molecule has 6 heteroatoms. The molecule has 1 N–H and O–H groups in total. The molecule has 1 amide bonds. The van der Waals surface area contributed by atoms with Crippen molar-refractivity contribution in [1.82, 2.24) is 9.80 Å². The number of halogens is 1. The molecule has 0 bridgehead atoms. The highest BCUT2D eigenvalue weighted by Crippen LogP contribution is 2.12. The molecular weight excluding hydrogens is 280 g/mol. The van der Waals surface area contributed by atoms with Gasteiger partial charge in [-0.05, 0) is 24.7 Å². The van der Waals surface area contributed by atoms with Crippen LogP contribution in [-0.4, -0.2) is 54.0 Å². The van der Waals surface area contributed by atoms with Crippen molar-refractivity contribution in [3.8, 4) is 0 Å². The average Bonchev–Trinajstić information content (AvgIpc) is 2.36. The van der Waals surface area contributed by atoms with Crippen LogP contribution in [0.2, 0.25) is 5.02 Å². The second-order valence-electron chi connectivity index (χ2n) is 4.76. The zero-order valence-electron chi connectivity index (χ0n) is 11.7. The number of rotatable bonds is 7. The molecule has 1 aromatic carbocycles. The Labute approximate surface area is 123 Å². The molecule has 20 heavy (non-hydrogen) atoms. The maximum Gasteiger partial charge on any atom is 0.304 e. The first-order valence-electron chi connectivity index (χ1n) is 6.27. The summed E-state index contributed by atoms with van der Waals surface area (Å²) in [6, 6.07) is 7.35. The minimum atomic E-state index is -0.864. The van der Waals surface area contributed by atoms with E-state index in [0.29, 0.717) is 18.1 Å². The van der Waals surface area contributed by atoms with Crippen LogP contribution in [-0.2, 0) is 16.1 Å². The highest BCUT2D eigenvalue weighted by atomic mass is 35.5. The largest absolute Gasteiger partial charge is 0.481 e. The second-order valence-corrected chi connectivity index (χ2v) is 5.20. The van der Waals surface area contributed by atoms with Crippen molar-refractivity contribution in [2.45, 2.75) is 13.0 Å². The molecule has 1 aromatic rings. The van der Waals surface area contributed by atoms with E-state index in [-0.39, 0.29) is 18.9 Å². The molecule has 0 saturated carbocycles. The van der Waals surface area contributed by atoms with E-state index in [4.69, 9.17) is 16.7 Å². The van der Waals surface area contributed by atoms with Gasteiger partial charge in [0.2, 0.25) is 5.91 Å². The first kappa shape index (κ1) is 16.5. The van der Waals surface area contributed by atoms with Gasteiger partial charge in [-0.15, -0.1) is 0 Å². The van der Waals surface area contributed by atoms with Gasteiger partial charge in [0.15, 0.2) is 0 Å². The molecule has 0 atom stereocenters. The van der Waals surface area contributed by atoms with Crippen molar-refractivity contribution < 1.29 is 14.7 Å². The monoisotopic (exact) mass is 298 g/mol. The molecule has 0 saturated heterocycles. The molecule has 0 heterocycles. The van der Waals surface area contributed by atoms with Crippen molar-refractivity contribution in [3.63, 3.8) is 0 Å². The van der Waals surface area contributed by atoms with E-state index in [1.54, 1.807) is 30.0 Å². The molecule has 0 aliphatic heterocycles. The maximum absolute atomic E-state index is 12.0. The molecule has 0 radical (unpaired) electrons. The molecule has 0 spiro atoms. The third-order valence-electron chi connectivity index (χ3n) is 2.85. The number of hydrogen-bond acceptors (Lipinski definition) is 3. The number of carboxylic acids is 1. The lowest BCUT2D eigenvalue weighted by molar-refractivity contribution is -0.138. The summed E-state index contributed by atoms with van der Waals surface area (Å²) < 4.78 is 0. The topological polar surface area (TPSA) is 60.9 Å². The molecule has 0 aromatic heterocycles. The third-order valence-corrected chi connectivity index (χ3v) is 3.08. The summed E-state index contributed by atoms with van der Waals surface area (Å²) in [5.41, 5.74) is 0.960. The van der Waals surface area contributed by atoms with Gasteiger partial charge in [0.25, 0.3) is 0 Å². The first-order chi connectivity index (χ1) is 9.38. The summed E-state index contributed by atoms with van der Waals surface area (Å²) in [7, 11) is 3.45. The smallest absolute Gasteiger partial charge is 0.304 e. The van der Waals surface area contributed by atoms with Crippen molar-refractivity contribution in [2.75, 3.05) is 27.2 Å². The number of carboxylic acid groups (broad SMARTS) is 1. The molecule has 0 fully saturated rings. The highest BCUT2D eigenvalue weighted by molar-refractivity contribution is 6.30. The second kappa shape index (κ2) is 7.87. The Bertz CT molecular complexity index is 479. The molecule has 0 aliphatic rings. The first-order valence-corrected chi connectivity index (χ1v) is 6.65. The Hall–Kier alpha value is -1.59. The van der Waals surface area contributed by atoms with Gasteiger partial charge in [-0.2, -0.15) is 0 Å². The number of hydrogen-bond donors (Lipinski definition) is 1. The van der Waals surface area contributed by atoms with Crippen molar-refractivity contribution >= 4 is 23.5 Å². The Morgan fingerprint density at radius 3 is 2.60 bits per heavy atom. The van der Waals surface area contributed by atoms with Crippen LogP contribution in [0.25, 0.3) is 0 Å². The lowest BCUT2D eigenvalue weighted by Crippen LogP contribution is -2.37. The lowest BCUT2D eigenvalue weighted by Gasteiger charge is -2.21. The fourth-order valence-electron chi connectivity index (χ4n) is 1.71. The minimum absolute atomic E-state index is 0.0296. The predicted octanol–water partition coefficient (Wildman–Crippen LogP) is 1.70. The molecule has 1 rings (SSSR count). The fourth-order valence-corrected chi connectivity index (χ4v) is 1.93. The van der Waals surface area contributed by atoms with Gasteiger partial charge in [-0.3, -0.25) is 14.5 Å². The van der Waals surface area contributed by atoms with Crippen LogP contribution in [0.4, 0.5) is 0 Å². The Morgan fingerprint density at radius 2 is 2.00 bits per heavy atom. The number of carbonyl (C=O) groups is 2. The van der Waals surface area contributed by atoms with Gasteiger partial charge < -0.3 is 10.0 Å². The molecular formula is C14H19ClN2O3. The summed E-state index contributed by atoms with van der Waals surface area (Å²) in [5.74, 6) is -0.922. The van der Waals surface area contributed by atoms with Gasteiger partial charge in [-0.1, -0.05) is 23.7 Å². The zero-order chi connectivity index (χ0) is 15.1. The number of carbonyl (C=O) groups excluding carboxylic acids is 1. The number of aliphatic carboxylic acids is 1. The van der Waals surface area contributed by atoms with Crippen LogP contribution in [0.1, 0.15) is 12.0 Å². The summed E-state index contributed by atoms with van der Waals surface area (Å²) in [4.78, 5) is 25.8. The van der Waals surface area contributed by atoms with Gasteiger partial charge in [0.05, 0.1) is 13.0 Å². The normalized spacial score (nSPS) is 10.6. The quantitative estimate of drug-likeness (QED) is 0.832. The van der Waals surface area contributed by atoms with Crippen molar-refractivity contribution in [2.24, 2.45) is 0 Å². The molecule has 5 nitrogen and oxygen atoms in total. The number of benzene rings is 1. The zero-order valence-corrected chi connectivity index (χ0v) is 12.4. The van der Waals surface area contributed by atoms with Crippen molar-refractivity contribution in [1.29, 1.82) is 0 Å². The van der Waals surface area contributed by atoms with Crippen LogP contribution in [0.3, 0.4) is 0 Å². The van der Waals surface area contributed by atoms with Crippen molar-refractivity contribution in [3.05, 3.63) is 34.9 Å². The van der Waals surface area contributed by atoms with Crippen LogP contribution >= 0.6 is 11.6 Å².